The van der Waals surface area contributed by atoms with Crippen molar-refractivity contribution in [1.82, 2.24) is 9.88 Å². The molecule has 0 aliphatic carbocycles. The normalized spacial score (nSPS) is 34.3. The molecule has 0 radical (unpaired) electrons. The summed E-state index contributed by atoms with van der Waals surface area (Å²) in [4.78, 5) is 29.1. The van der Waals surface area contributed by atoms with Crippen molar-refractivity contribution in [2.75, 3.05) is 13.1 Å². The number of esters is 2. The van der Waals surface area contributed by atoms with E-state index in [0.29, 0.717) is 18.2 Å². The van der Waals surface area contributed by atoms with Crippen LogP contribution in [0, 0.1) is 11.8 Å². The van der Waals surface area contributed by atoms with Crippen LogP contribution in [0.2, 0.25) is 0 Å². The molecule has 4 aliphatic heterocycles. The van der Waals surface area contributed by atoms with Gasteiger partial charge in [0.2, 0.25) is 0 Å². The molecule has 4 aliphatic rings. The van der Waals surface area contributed by atoms with Gasteiger partial charge in [-0.05, 0) is 18.8 Å². The molecule has 5 rings (SSSR count). The second-order valence-electron chi connectivity index (χ2n) is 5.47. The zero-order valence-electron chi connectivity index (χ0n) is 10.8. The summed E-state index contributed by atoms with van der Waals surface area (Å²) in [5.41, 5.74) is 0. The lowest BCUT2D eigenvalue weighted by molar-refractivity contribution is -0.318. The molecule has 20 heavy (non-hydrogen) atoms. The molecular formula is C13H14N2O5. The highest BCUT2D eigenvalue weighted by atomic mass is 16.8. The fraction of sp³-hybridized carbons (Fsp3) is 0.615. The number of ether oxygens (including phenoxy) is 2. The van der Waals surface area contributed by atoms with E-state index >= 15 is 0 Å². The molecule has 7 heteroatoms. The Labute approximate surface area is 114 Å². The van der Waals surface area contributed by atoms with E-state index in [0.717, 1.165) is 25.9 Å². The van der Waals surface area contributed by atoms with Gasteiger partial charge in [-0.2, -0.15) is 0 Å². The number of hydrogen-bond acceptors (Lipinski definition) is 7. The molecule has 106 valence electrons. The monoisotopic (exact) mass is 278 g/mol. The third kappa shape index (κ3) is 1.53. The van der Waals surface area contributed by atoms with Crippen molar-refractivity contribution in [3.63, 3.8) is 0 Å². The molecule has 5 heterocycles. The summed E-state index contributed by atoms with van der Waals surface area (Å²) in [5.74, 6) is -2.28. The van der Waals surface area contributed by atoms with Crippen LogP contribution in [0.25, 0.3) is 0 Å². The van der Waals surface area contributed by atoms with Gasteiger partial charge in [0.25, 0.3) is 0 Å². The average molecular weight is 278 g/mol. The molecule has 0 amide bonds. The second kappa shape index (κ2) is 4.05. The van der Waals surface area contributed by atoms with E-state index in [-0.39, 0.29) is 5.92 Å². The zero-order valence-corrected chi connectivity index (χ0v) is 10.8. The van der Waals surface area contributed by atoms with Gasteiger partial charge in [-0.1, -0.05) is 0 Å². The highest BCUT2D eigenvalue weighted by Gasteiger charge is 2.64. The topological polar surface area (TPSA) is 81.9 Å². The predicted octanol–water partition coefficient (Wildman–Crippen LogP) is 0.313. The Kier molecular flexibility index (Phi) is 2.41. The first kappa shape index (κ1) is 11.9. The van der Waals surface area contributed by atoms with Crippen molar-refractivity contribution < 1.29 is 23.5 Å². The SMILES string of the molecule is O=C1OC2(OC1=O)C(Cc1ncco1)C1CCN2CC1. The van der Waals surface area contributed by atoms with Crippen molar-refractivity contribution in [1.29, 1.82) is 0 Å². The summed E-state index contributed by atoms with van der Waals surface area (Å²) in [6.45, 7) is 1.54. The first-order chi connectivity index (χ1) is 9.69. The van der Waals surface area contributed by atoms with Crippen molar-refractivity contribution in [2.24, 2.45) is 11.8 Å². The van der Waals surface area contributed by atoms with Crippen molar-refractivity contribution in [3.05, 3.63) is 18.4 Å². The largest absolute Gasteiger partial charge is 0.449 e. The van der Waals surface area contributed by atoms with Crippen LogP contribution in [0.15, 0.2) is 16.9 Å². The summed E-state index contributed by atoms with van der Waals surface area (Å²) >= 11 is 0. The maximum absolute atomic E-state index is 11.5. The van der Waals surface area contributed by atoms with E-state index in [1.54, 1.807) is 6.20 Å². The maximum atomic E-state index is 11.5. The van der Waals surface area contributed by atoms with Crippen LogP contribution in [0.4, 0.5) is 0 Å². The van der Waals surface area contributed by atoms with Gasteiger partial charge >= 0.3 is 17.8 Å². The van der Waals surface area contributed by atoms with E-state index in [1.807, 2.05) is 4.90 Å². The van der Waals surface area contributed by atoms with Crippen LogP contribution in [0.1, 0.15) is 18.7 Å². The van der Waals surface area contributed by atoms with Crippen LogP contribution in [0.5, 0.6) is 0 Å². The maximum Gasteiger partial charge on any atom is 0.421 e. The molecule has 4 fully saturated rings. The fourth-order valence-electron chi connectivity index (χ4n) is 3.63. The number of hydrogen-bond donors (Lipinski definition) is 0. The number of oxazole rings is 1. The average Bonchev–Trinajstić information content (AvgIpc) is 3.05. The quantitative estimate of drug-likeness (QED) is 0.569. The van der Waals surface area contributed by atoms with Gasteiger partial charge in [0.05, 0.1) is 12.1 Å². The summed E-state index contributed by atoms with van der Waals surface area (Å²) in [6, 6.07) is 0. The number of rotatable bonds is 2. The van der Waals surface area contributed by atoms with Crippen LogP contribution in [-0.4, -0.2) is 40.8 Å². The Morgan fingerprint density at radius 2 is 1.95 bits per heavy atom. The summed E-state index contributed by atoms with van der Waals surface area (Å²) in [6.07, 6.45) is 5.59. The van der Waals surface area contributed by atoms with Gasteiger partial charge in [0.15, 0.2) is 5.89 Å². The summed E-state index contributed by atoms with van der Waals surface area (Å²) < 4.78 is 16.0. The minimum absolute atomic E-state index is 0.126. The van der Waals surface area contributed by atoms with Gasteiger partial charge in [0.1, 0.15) is 6.26 Å². The Morgan fingerprint density at radius 3 is 2.55 bits per heavy atom. The Morgan fingerprint density at radius 1 is 1.25 bits per heavy atom. The Hall–Kier alpha value is -1.89. The van der Waals surface area contributed by atoms with Crippen molar-refractivity contribution in [3.8, 4) is 0 Å². The van der Waals surface area contributed by atoms with Gasteiger partial charge in [0, 0.05) is 19.5 Å². The smallest absolute Gasteiger partial charge is 0.421 e. The van der Waals surface area contributed by atoms with E-state index in [2.05, 4.69) is 4.98 Å². The van der Waals surface area contributed by atoms with E-state index in [4.69, 9.17) is 13.9 Å². The van der Waals surface area contributed by atoms with Crippen LogP contribution in [-0.2, 0) is 25.5 Å². The lowest BCUT2D eigenvalue weighted by Gasteiger charge is -2.53. The summed E-state index contributed by atoms with van der Waals surface area (Å²) in [7, 11) is 0. The number of carbonyl (C=O) groups excluding carboxylic acids is 2. The molecule has 0 N–H and O–H groups in total. The zero-order chi connectivity index (χ0) is 13.7. The molecule has 0 saturated carbocycles. The Balaban J connectivity index is 1.70. The minimum atomic E-state index is -1.25. The standard InChI is InChI=1S/C13H14N2O5/c16-11-12(17)20-13(19-11)9(7-10-14-3-6-18-10)8-1-4-15(13)5-2-8/h3,6,8-9H,1-2,4-5,7H2. The van der Waals surface area contributed by atoms with E-state index < -0.39 is 17.8 Å². The van der Waals surface area contributed by atoms with E-state index in [1.165, 1.54) is 6.26 Å². The molecule has 7 nitrogen and oxygen atoms in total. The predicted molar refractivity (Wildman–Crippen MR) is 62.9 cm³/mol. The molecule has 1 spiro atoms. The van der Waals surface area contributed by atoms with Crippen LogP contribution >= 0.6 is 0 Å². The Bertz CT molecular complexity index is 531. The second-order valence-corrected chi connectivity index (χ2v) is 5.47. The van der Waals surface area contributed by atoms with Gasteiger partial charge in [-0.25, -0.2) is 19.5 Å². The molecule has 1 aromatic heterocycles. The highest BCUT2D eigenvalue weighted by molar-refractivity contribution is 6.31. The molecular weight excluding hydrogens is 264 g/mol. The first-order valence-electron chi connectivity index (χ1n) is 6.79. The number of nitrogens with zero attached hydrogens (tertiary/aromatic N) is 2. The molecule has 0 aromatic carbocycles. The van der Waals surface area contributed by atoms with Crippen molar-refractivity contribution >= 4 is 11.9 Å². The number of aromatic nitrogens is 1. The number of carbonyl (C=O) groups is 2. The lowest BCUT2D eigenvalue weighted by Crippen LogP contribution is -2.65. The lowest BCUT2D eigenvalue weighted by atomic mass is 9.74. The van der Waals surface area contributed by atoms with Crippen LogP contribution in [0.3, 0.4) is 0 Å². The third-order valence-electron chi connectivity index (χ3n) is 4.54. The molecule has 2 bridgehead atoms. The number of fused-ring (bicyclic) bond motifs is 2. The number of piperidine rings is 3. The third-order valence-corrected chi connectivity index (χ3v) is 4.54. The fourth-order valence-corrected chi connectivity index (χ4v) is 3.63. The van der Waals surface area contributed by atoms with Gasteiger partial charge in [-0.15, -0.1) is 0 Å². The van der Waals surface area contributed by atoms with Crippen molar-refractivity contribution in [2.45, 2.75) is 25.2 Å². The minimum Gasteiger partial charge on any atom is -0.449 e. The molecule has 1 atom stereocenters. The van der Waals surface area contributed by atoms with E-state index in [9.17, 15) is 9.59 Å². The van der Waals surface area contributed by atoms with Gasteiger partial charge < -0.3 is 13.9 Å². The highest BCUT2D eigenvalue weighted by Crippen LogP contribution is 2.48. The summed E-state index contributed by atoms with van der Waals surface area (Å²) in [5, 5.41) is 0. The molecule has 1 unspecified atom stereocenters. The molecule has 4 saturated heterocycles. The first-order valence-corrected chi connectivity index (χ1v) is 6.79. The van der Waals surface area contributed by atoms with Gasteiger partial charge in [-0.3, -0.25) is 0 Å². The molecule has 1 aromatic rings. The van der Waals surface area contributed by atoms with Crippen LogP contribution < -0.4 is 0 Å².